The number of thiophene rings is 1. The van der Waals surface area contributed by atoms with E-state index in [9.17, 15) is 0 Å². The van der Waals surface area contributed by atoms with Gasteiger partial charge in [0.1, 0.15) is 16.5 Å². The lowest BCUT2D eigenvalue weighted by atomic mass is 10.1. The van der Waals surface area contributed by atoms with Gasteiger partial charge in [-0.25, -0.2) is 9.97 Å². The Kier molecular flexibility index (Phi) is 5.69. The number of anilines is 1. The summed E-state index contributed by atoms with van der Waals surface area (Å²) in [6, 6.07) is 0.457. The molecule has 0 spiro atoms. The van der Waals surface area contributed by atoms with Crippen molar-refractivity contribution in [3.8, 4) is 0 Å². The number of ether oxygens (including phenoxy) is 1. The van der Waals surface area contributed by atoms with Gasteiger partial charge in [0.2, 0.25) is 0 Å². The van der Waals surface area contributed by atoms with Crippen LogP contribution in [0.5, 0.6) is 0 Å². The van der Waals surface area contributed by atoms with Crippen LogP contribution in [0.4, 0.5) is 5.82 Å². The summed E-state index contributed by atoms with van der Waals surface area (Å²) in [6.45, 7) is 13.1. The molecule has 0 aliphatic carbocycles. The molecule has 1 N–H and O–H groups in total. The molecule has 0 atom stereocenters. The van der Waals surface area contributed by atoms with Crippen LogP contribution in [-0.4, -0.2) is 47.2 Å². The van der Waals surface area contributed by atoms with Gasteiger partial charge in [-0.15, -0.1) is 11.3 Å². The molecule has 6 heteroatoms. The highest BCUT2D eigenvalue weighted by Crippen LogP contribution is 2.34. The quantitative estimate of drug-likeness (QED) is 0.862. The van der Waals surface area contributed by atoms with Crippen LogP contribution in [-0.2, 0) is 11.3 Å². The summed E-state index contributed by atoms with van der Waals surface area (Å²) in [5.74, 6) is 1.93. The van der Waals surface area contributed by atoms with Gasteiger partial charge >= 0.3 is 0 Å². The van der Waals surface area contributed by atoms with Crippen LogP contribution < -0.4 is 5.32 Å². The van der Waals surface area contributed by atoms with E-state index in [2.05, 4.69) is 37.9 Å². The second kappa shape index (κ2) is 7.76. The highest BCUT2D eigenvalue weighted by atomic mass is 32.1. The lowest BCUT2D eigenvalue weighted by Gasteiger charge is -2.26. The highest BCUT2D eigenvalue weighted by Gasteiger charge is 2.18. The van der Waals surface area contributed by atoms with Crippen molar-refractivity contribution in [2.75, 3.05) is 31.6 Å². The van der Waals surface area contributed by atoms with Crippen LogP contribution in [0.1, 0.15) is 43.0 Å². The zero-order valence-corrected chi connectivity index (χ0v) is 16.0. The monoisotopic (exact) mass is 348 g/mol. The minimum Gasteiger partial charge on any atom is -0.379 e. The highest BCUT2D eigenvalue weighted by molar-refractivity contribution is 7.18. The fraction of sp³-hybridized carbons (Fsp3) is 0.667. The molecular formula is C18H28N4OS. The van der Waals surface area contributed by atoms with Crippen LogP contribution >= 0.6 is 11.3 Å². The Labute approximate surface area is 148 Å². The molecule has 0 radical (unpaired) electrons. The van der Waals surface area contributed by atoms with Gasteiger partial charge < -0.3 is 10.1 Å². The first-order valence-corrected chi connectivity index (χ1v) is 9.77. The van der Waals surface area contributed by atoms with Gasteiger partial charge in [0.25, 0.3) is 0 Å². The van der Waals surface area contributed by atoms with E-state index in [4.69, 9.17) is 14.7 Å². The maximum absolute atomic E-state index is 5.44. The fourth-order valence-electron chi connectivity index (χ4n) is 3.11. The average Bonchev–Trinajstić information content (AvgIpc) is 2.88. The topological polar surface area (TPSA) is 50.3 Å². The van der Waals surface area contributed by atoms with Crippen molar-refractivity contribution in [3.63, 3.8) is 0 Å². The summed E-state index contributed by atoms with van der Waals surface area (Å²) in [6.07, 6.45) is 2.20. The Morgan fingerprint density at radius 1 is 1.17 bits per heavy atom. The number of rotatable bonds is 6. The van der Waals surface area contributed by atoms with E-state index in [1.165, 1.54) is 15.8 Å². The van der Waals surface area contributed by atoms with Gasteiger partial charge in [-0.1, -0.05) is 13.8 Å². The number of aryl methyl sites for hydroxylation is 2. The predicted octanol–water partition coefficient (Wildman–Crippen LogP) is 3.74. The van der Waals surface area contributed by atoms with Crippen molar-refractivity contribution in [1.82, 2.24) is 14.9 Å². The molecular weight excluding hydrogens is 320 g/mol. The van der Waals surface area contributed by atoms with Crippen LogP contribution in [0.3, 0.4) is 0 Å². The molecule has 0 saturated carbocycles. The summed E-state index contributed by atoms with van der Waals surface area (Å²) in [7, 11) is 0. The molecule has 0 aromatic carbocycles. The number of nitrogens with zero attached hydrogens (tertiary/aromatic N) is 3. The van der Waals surface area contributed by atoms with Crippen LogP contribution in [0, 0.1) is 13.8 Å². The van der Waals surface area contributed by atoms with E-state index in [1.807, 2.05) is 0 Å². The molecule has 2 aromatic rings. The lowest BCUT2D eigenvalue weighted by Crippen LogP contribution is -2.36. The largest absolute Gasteiger partial charge is 0.379 e. The first kappa shape index (κ1) is 17.6. The van der Waals surface area contributed by atoms with Crippen LogP contribution in [0.25, 0.3) is 10.2 Å². The van der Waals surface area contributed by atoms with Crippen molar-refractivity contribution in [2.24, 2.45) is 0 Å². The maximum Gasteiger partial charge on any atom is 0.146 e. The third-order valence-corrected chi connectivity index (χ3v) is 5.97. The fourth-order valence-corrected chi connectivity index (χ4v) is 4.16. The van der Waals surface area contributed by atoms with Gasteiger partial charge in [-0.05, 0) is 32.3 Å². The number of aromatic nitrogens is 2. The molecule has 1 aliphatic rings. The van der Waals surface area contributed by atoms with Gasteiger partial charge in [-0.3, -0.25) is 4.90 Å². The summed E-state index contributed by atoms with van der Waals surface area (Å²) >= 11 is 1.78. The zero-order valence-electron chi connectivity index (χ0n) is 15.2. The zero-order chi connectivity index (χ0) is 17.1. The summed E-state index contributed by atoms with van der Waals surface area (Å²) in [5.41, 5.74) is 1.31. The molecule has 5 nitrogen and oxygen atoms in total. The third kappa shape index (κ3) is 3.71. The molecule has 3 heterocycles. The van der Waals surface area contributed by atoms with Crippen LogP contribution in [0.2, 0.25) is 0 Å². The smallest absolute Gasteiger partial charge is 0.146 e. The van der Waals surface area contributed by atoms with Gasteiger partial charge in [0, 0.05) is 24.0 Å². The molecule has 0 bridgehead atoms. The summed E-state index contributed by atoms with van der Waals surface area (Å²) < 4.78 is 5.44. The van der Waals surface area contributed by atoms with Crippen LogP contribution in [0.15, 0.2) is 0 Å². The number of hydrogen-bond donors (Lipinski definition) is 1. The van der Waals surface area contributed by atoms with E-state index >= 15 is 0 Å². The SMILES string of the molecule is CCC(CC)Nc1nc(CN2CCOCC2)nc2sc(C)c(C)c12. The second-order valence-electron chi connectivity index (χ2n) is 6.50. The standard InChI is InChI=1S/C18H28N4OS/c1-5-14(6-2)19-17-16-12(3)13(4)24-18(16)21-15(20-17)11-22-7-9-23-10-8-22/h14H,5-11H2,1-4H3,(H,19,20,21). The van der Waals surface area contributed by atoms with Crippen molar-refractivity contribution in [3.05, 3.63) is 16.3 Å². The van der Waals surface area contributed by atoms with E-state index in [0.717, 1.165) is 62.2 Å². The summed E-state index contributed by atoms with van der Waals surface area (Å²) in [5, 5.41) is 4.87. The minimum absolute atomic E-state index is 0.457. The molecule has 132 valence electrons. The lowest BCUT2D eigenvalue weighted by molar-refractivity contribution is 0.0331. The molecule has 0 amide bonds. The van der Waals surface area contributed by atoms with Crippen molar-refractivity contribution < 1.29 is 4.74 Å². The summed E-state index contributed by atoms with van der Waals surface area (Å²) in [4.78, 5) is 14.6. The molecule has 1 aliphatic heterocycles. The Morgan fingerprint density at radius 2 is 1.88 bits per heavy atom. The Hall–Kier alpha value is -1.24. The molecule has 24 heavy (non-hydrogen) atoms. The molecule has 1 saturated heterocycles. The van der Waals surface area contributed by atoms with E-state index < -0.39 is 0 Å². The first-order chi connectivity index (χ1) is 11.6. The van der Waals surface area contributed by atoms with Gasteiger partial charge in [0.05, 0.1) is 25.1 Å². The number of hydrogen-bond acceptors (Lipinski definition) is 6. The third-order valence-electron chi connectivity index (χ3n) is 4.87. The number of nitrogens with one attached hydrogen (secondary N) is 1. The maximum atomic E-state index is 5.44. The Balaban J connectivity index is 1.95. The number of fused-ring (bicyclic) bond motifs is 1. The van der Waals surface area contributed by atoms with Gasteiger partial charge in [0.15, 0.2) is 0 Å². The molecule has 2 aromatic heterocycles. The molecule has 0 unspecified atom stereocenters. The van der Waals surface area contributed by atoms with E-state index in [0.29, 0.717) is 6.04 Å². The number of morpholine rings is 1. The average molecular weight is 349 g/mol. The van der Waals surface area contributed by atoms with E-state index in [-0.39, 0.29) is 0 Å². The van der Waals surface area contributed by atoms with Crippen molar-refractivity contribution in [2.45, 2.75) is 53.1 Å². The normalized spacial score (nSPS) is 16.2. The van der Waals surface area contributed by atoms with E-state index in [1.54, 1.807) is 11.3 Å². The van der Waals surface area contributed by atoms with Crippen molar-refractivity contribution >= 4 is 27.4 Å². The predicted molar refractivity (Wildman–Crippen MR) is 101 cm³/mol. The molecule has 3 rings (SSSR count). The first-order valence-electron chi connectivity index (χ1n) is 8.95. The minimum atomic E-state index is 0.457. The Bertz CT molecular complexity index is 690. The molecule has 1 fully saturated rings. The van der Waals surface area contributed by atoms with Crippen molar-refractivity contribution in [1.29, 1.82) is 0 Å². The second-order valence-corrected chi connectivity index (χ2v) is 7.70. The Morgan fingerprint density at radius 3 is 2.54 bits per heavy atom. The van der Waals surface area contributed by atoms with Gasteiger partial charge in [-0.2, -0.15) is 0 Å².